The first kappa shape index (κ1) is 26.4. The summed E-state index contributed by atoms with van der Waals surface area (Å²) in [7, 11) is -1.11. The van der Waals surface area contributed by atoms with E-state index >= 15 is 0 Å². The second-order valence-corrected chi connectivity index (χ2v) is 10.3. The zero-order valence-corrected chi connectivity index (χ0v) is 21.1. The fourth-order valence-corrected chi connectivity index (χ4v) is 5.54. The van der Waals surface area contributed by atoms with Crippen LogP contribution in [0.1, 0.15) is 5.56 Å². The van der Waals surface area contributed by atoms with Crippen LogP contribution in [-0.4, -0.2) is 47.4 Å². The summed E-state index contributed by atoms with van der Waals surface area (Å²) < 4.78 is 52.2. The molecule has 186 valence electrons. The highest BCUT2D eigenvalue weighted by Crippen LogP contribution is 2.33. The molecule has 1 amide bonds. The number of nitrogens with one attached hydrogen (secondary N) is 1. The average molecular weight is 519 g/mol. The molecule has 0 fully saturated rings. The van der Waals surface area contributed by atoms with Crippen molar-refractivity contribution in [3.8, 4) is 11.5 Å². The first-order valence-electron chi connectivity index (χ1n) is 10.7. The van der Waals surface area contributed by atoms with E-state index in [9.17, 15) is 17.6 Å². The molecule has 3 rings (SSSR count). The van der Waals surface area contributed by atoms with Crippen molar-refractivity contribution in [2.24, 2.45) is 0 Å². The van der Waals surface area contributed by atoms with Gasteiger partial charge in [-0.2, -0.15) is 11.8 Å². The Balaban J connectivity index is 1.71. The highest BCUT2D eigenvalue weighted by molar-refractivity contribution is 7.98. The Morgan fingerprint density at radius 3 is 2.34 bits per heavy atom. The Morgan fingerprint density at radius 2 is 1.66 bits per heavy atom. The second-order valence-electron chi connectivity index (χ2n) is 7.36. The number of sulfonamides is 1. The quantitative estimate of drug-likeness (QED) is 0.364. The number of amides is 1. The molecule has 0 saturated heterocycles. The van der Waals surface area contributed by atoms with E-state index in [1.165, 1.54) is 50.2 Å². The minimum absolute atomic E-state index is 0.0584. The van der Waals surface area contributed by atoms with Crippen molar-refractivity contribution in [3.63, 3.8) is 0 Å². The van der Waals surface area contributed by atoms with Crippen molar-refractivity contribution in [2.45, 2.75) is 10.6 Å². The summed E-state index contributed by atoms with van der Waals surface area (Å²) in [4.78, 5) is 12.8. The van der Waals surface area contributed by atoms with Crippen LogP contribution in [0.15, 0.2) is 77.7 Å². The molecule has 0 aliphatic rings. The van der Waals surface area contributed by atoms with E-state index in [1.54, 1.807) is 48.5 Å². The molecule has 0 aliphatic carbocycles. The minimum atomic E-state index is -4.04. The average Bonchev–Trinajstić information content (AvgIpc) is 2.88. The van der Waals surface area contributed by atoms with Crippen LogP contribution in [0, 0.1) is 5.82 Å². The number of anilines is 1. The van der Waals surface area contributed by atoms with Crippen molar-refractivity contribution in [1.29, 1.82) is 0 Å². The highest BCUT2D eigenvalue weighted by atomic mass is 32.2. The summed E-state index contributed by atoms with van der Waals surface area (Å²) in [5, 5.41) is 2.74. The van der Waals surface area contributed by atoms with E-state index in [0.29, 0.717) is 35.1 Å². The van der Waals surface area contributed by atoms with Gasteiger partial charge in [0, 0.05) is 24.1 Å². The van der Waals surface area contributed by atoms with Crippen molar-refractivity contribution >= 4 is 33.4 Å². The van der Waals surface area contributed by atoms with Gasteiger partial charge in [0.2, 0.25) is 5.91 Å². The molecule has 0 aliphatic heterocycles. The highest BCUT2D eigenvalue weighted by Gasteiger charge is 2.28. The normalized spacial score (nSPS) is 11.1. The van der Waals surface area contributed by atoms with E-state index in [-0.39, 0.29) is 16.4 Å². The third kappa shape index (κ3) is 6.89. The van der Waals surface area contributed by atoms with Crippen molar-refractivity contribution in [2.75, 3.05) is 37.4 Å². The molecule has 0 aromatic heterocycles. The van der Waals surface area contributed by atoms with Gasteiger partial charge in [-0.05, 0) is 35.9 Å². The molecule has 0 unspecified atom stereocenters. The Hall–Kier alpha value is -3.24. The summed E-state index contributed by atoms with van der Waals surface area (Å²) >= 11 is 1.47. The smallest absolute Gasteiger partial charge is 0.264 e. The van der Waals surface area contributed by atoms with E-state index in [0.717, 1.165) is 4.31 Å². The number of halogens is 1. The predicted octanol–water partition coefficient (Wildman–Crippen LogP) is 4.09. The third-order valence-electron chi connectivity index (χ3n) is 5.06. The van der Waals surface area contributed by atoms with Crippen molar-refractivity contribution < 1.29 is 27.1 Å². The van der Waals surface area contributed by atoms with Crippen LogP contribution in [0.4, 0.5) is 10.1 Å². The van der Waals surface area contributed by atoms with Crippen molar-refractivity contribution in [1.82, 2.24) is 5.32 Å². The maximum Gasteiger partial charge on any atom is 0.264 e. The van der Waals surface area contributed by atoms with Gasteiger partial charge in [0.25, 0.3) is 10.0 Å². The van der Waals surface area contributed by atoms with Crippen molar-refractivity contribution in [3.05, 3.63) is 84.2 Å². The first-order valence-corrected chi connectivity index (χ1v) is 13.3. The van der Waals surface area contributed by atoms with Crippen LogP contribution in [0.5, 0.6) is 11.5 Å². The number of hydrogen-bond acceptors (Lipinski definition) is 6. The van der Waals surface area contributed by atoms with Crippen LogP contribution in [0.25, 0.3) is 0 Å². The van der Waals surface area contributed by atoms with Crippen LogP contribution in [0.2, 0.25) is 0 Å². The zero-order valence-electron chi connectivity index (χ0n) is 19.4. The largest absolute Gasteiger partial charge is 0.493 e. The summed E-state index contributed by atoms with van der Waals surface area (Å²) in [6.07, 6.45) is 0. The Bertz CT molecular complexity index is 1240. The second kappa shape index (κ2) is 12.5. The van der Waals surface area contributed by atoms with Gasteiger partial charge < -0.3 is 14.8 Å². The van der Waals surface area contributed by atoms with Crippen LogP contribution >= 0.6 is 11.8 Å². The summed E-state index contributed by atoms with van der Waals surface area (Å²) in [6, 6.07) is 19.1. The lowest BCUT2D eigenvalue weighted by atomic mass is 10.2. The number of nitrogens with zero attached hydrogens (tertiary/aromatic N) is 1. The predicted molar refractivity (Wildman–Crippen MR) is 136 cm³/mol. The standard InChI is InChI=1S/C25H27FN2O5S2/c1-32-23-13-12-20(16-24(23)33-2)28(35(30,31)21-9-4-3-5-10-21)17-25(29)27-14-15-34-18-19-8-6-7-11-22(19)26/h3-13,16H,14-15,17-18H2,1-2H3,(H,27,29). The van der Waals surface area contributed by atoms with E-state index < -0.39 is 22.5 Å². The van der Waals surface area contributed by atoms with Gasteiger partial charge in [0.05, 0.1) is 24.8 Å². The van der Waals surface area contributed by atoms with Gasteiger partial charge in [-0.15, -0.1) is 0 Å². The van der Waals surface area contributed by atoms with Gasteiger partial charge in [-0.3, -0.25) is 9.10 Å². The van der Waals surface area contributed by atoms with Gasteiger partial charge in [0.15, 0.2) is 11.5 Å². The Labute approximate surface area is 209 Å². The molecular formula is C25H27FN2O5S2. The molecule has 1 N–H and O–H groups in total. The molecule has 0 bridgehead atoms. The monoisotopic (exact) mass is 518 g/mol. The van der Waals surface area contributed by atoms with E-state index in [1.807, 2.05) is 0 Å². The molecule has 0 heterocycles. The number of ether oxygens (including phenoxy) is 2. The number of thioether (sulfide) groups is 1. The number of methoxy groups -OCH3 is 2. The Morgan fingerprint density at radius 1 is 0.971 bits per heavy atom. The molecule has 35 heavy (non-hydrogen) atoms. The molecule has 3 aromatic rings. The fraction of sp³-hybridized carbons (Fsp3) is 0.240. The number of hydrogen-bond donors (Lipinski definition) is 1. The molecule has 0 atom stereocenters. The molecule has 10 heteroatoms. The van der Waals surface area contributed by atoms with E-state index in [4.69, 9.17) is 9.47 Å². The number of carbonyl (C=O) groups excluding carboxylic acids is 1. The zero-order chi connectivity index (χ0) is 25.3. The first-order chi connectivity index (χ1) is 16.9. The molecule has 7 nitrogen and oxygen atoms in total. The van der Waals surface area contributed by atoms with Gasteiger partial charge in [0.1, 0.15) is 12.4 Å². The van der Waals surface area contributed by atoms with Gasteiger partial charge >= 0.3 is 0 Å². The van der Waals surface area contributed by atoms with E-state index in [2.05, 4.69) is 5.32 Å². The lowest BCUT2D eigenvalue weighted by Gasteiger charge is -2.25. The summed E-state index contributed by atoms with van der Waals surface area (Å²) in [5.74, 6) is 1.06. The van der Waals surface area contributed by atoms with Crippen LogP contribution in [-0.2, 0) is 20.6 Å². The minimum Gasteiger partial charge on any atom is -0.493 e. The van der Waals surface area contributed by atoms with Gasteiger partial charge in [-0.1, -0.05) is 36.4 Å². The number of benzene rings is 3. The van der Waals surface area contributed by atoms with Crippen LogP contribution in [0.3, 0.4) is 0 Å². The molecule has 3 aromatic carbocycles. The SMILES string of the molecule is COc1ccc(N(CC(=O)NCCSCc2ccccc2F)S(=O)(=O)c2ccccc2)cc1OC. The summed E-state index contributed by atoms with van der Waals surface area (Å²) in [6.45, 7) is -0.117. The molecule has 0 saturated carbocycles. The topological polar surface area (TPSA) is 84.9 Å². The number of carbonyl (C=O) groups is 1. The summed E-state index contributed by atoms with van der Waals surface area (Å²) in [5.41, 5.74) is 0.855. The maximum absolute atomic E-state index is 13.7. The molecule has 0 spiro atoms. The van der Waals surface area contributed by atoms with Gasteiger partial charge in [-0.25, -0.2) is 12.8 Å². The maximum atomic E-state index is 13.7. The molecule has 0 radical (unpaired) electrons. The Kier molecular flexibility index (Phi) is 9.39. The molecular weight excluding hydrogens is 491 g/mol. The van der Waals surface area contributed by atoms with Crippen LogP contribution < -0.4 is 19.1 Å². The fourth-order valence-electron chi connectivity index (χ4n) is 3.26. The lowest BCUT2D eigenvalue weighted by Crippen LogP contribution is -2.41. The number of rotatable bonds is 12. The lowest BCUT2D eigenvalue weighted by molar-refractivity contribution is -0.119. The third-order valence-corrected chi connectivity index (χ3v) is 7.85.